The van der Waals surface area contributed by atoms with Crippen molar-refractivity contribution < 1.29 is 26.8 Å². The van der Waals surface area contributed by atoms with E-state index < -0.39 is 0 Å². The number of ether oxygens (including phenoxy) is 5. The van der Waals surface area contributed by atoms with E-state index in [9.17, 15) is 0 Å². The van der Waals surface area contributed by atoms with Gasteiger partial charge in [-0.25, -0.2) is 0 Å². The highest BCUT2D eigenvalue weighted by molar-refractivity contribution is 14.1. The summed E-state index contributed by atoms with van der Waals surface area (Å²) in [5.41, 5.74) is -0.0373. The second-order valence-corrected chi connectivity index (χ2v) is 8.01. The Balaban J connectivity index is 2.35. The Morgan fingerprint density at radius 1 is 0.786 bits per heavy atom. The van der Waals surface area contributed by atoms with Crippen molar-refractivity contribution in [3.63, 3.8) is 0 Å². The molecule has 8 nitrogen and oxygen atoms in total. The van der Waals surface area contributed by atoms with Crippen molar-refractivity contribution in [3.05, 3.63) is 0 Å². The van der Waals surface area contributed by atoms with Crippen molar-refractivity contribution in [2.24, 2.45) is 0 Å². The molecule has 0 aliphatic carbocycles. The summed E-state index contributed by atoms with van der Waals surface area (Å²) in [6.07, 6.45) is 0. The maximum absolute atomic E-state index is 5.82. The molecule has 28 heavy (non-hydrogen) atoms. The molecule has 0 spiro atoms. The third kappa shape index (κ3) is 13.6. The first-order chi connectivity index (χ1) is 13.6. The van der Waals surface area contributed by atoms with Crippen molar-refractivity contribution in [1.82, 2.24) is 9.80 Å². The molecule has 0 unspecified atom stereocenters. The van der Waals surface area contributed by atoms with Crippen LogP contribution in [0.1, 0.15) is 13.8 Å². The molecule has 1 fully saturated rings. The Morgan fingerprint density at radius 2 is 1.36 bits per heavy atom. The molecule has 0 atom stereocenters. The lowest BCUT2D eigenvalue weighted by Gasteiger charge is -2.35. The molecule has 0 bridgehead atoms. The fourth-order valence-electron chi connectivity index (χ4n) is 2.59. The summed E-state index contributed by atoms with van der Waals surface area (Å²) in [6.45, 7) is 14.8. The van der Waals surface area contributed by atoms with Crippen molar-refractivity contribution in [2.75, 3.05) is 106 Å². The molecule has 1 aliphatic rings. The van der Waals surface area contributed by atoms with E-state index in [1.165, 1.54) is 0 Å². The lowest BCUT2D eigenvalue weighted by molar-refractivity contribution is -0.0243. The van der Waals surface area contributed by atoms with E-state index in [-0.39, 0.29) is 5.54 Å². The summed E-state index contributed by atoms with van der Waals surface area (Å²) in [7, 11) is 2.10. The highest BCUT2D eigenvalue weighted by atomic mass is 127. The average molecular weight is 518 g/mol. The SMILES string of the molecule is CN1CCOCCOCCN(CCOCCOI)CCOCCOCC1(C)C. The van der Waals surface area contributed by atoms with Crippen LogP contribution in [-0.4, -0.2) is 121 Å². The van der Waals surface area contributed by atoms with Gasteiger partial charge in [0.1, 0.15) is 23.0 Å². The third-order valence-electron chi connectivity index (χ3n) is 4.76. The second-order valence-electron chi connectivity index (χ2n) is 7.39. The highest BCUT2D eigenvalue weighted by Gasteiger charge is 2.23. The Bertz CT molecular complexity index is 365. The monoisotopic (exact) mass is 518 g/mol. The predicted octanol–water partition coefficient (Wildman–Crippen LogP) is 1.46. The van der Waals surface area contributed by atoms with Crippen LogP contribution in [-0.2, 0) is 26.8 Å². The molecule has 9 heteroatoms. The zero-order valence-electron chi connectivity index (χ0n) is 17.8. The van der Waals surface area contributed by atoms with Crippen LogP contribution in [0.5, 0.6) is 0 Å². The van der Waals surface area contributed by atoms with Gasteiger partial charge < -0.3 is 26.8 Å². The van der Waals surface area contributed by atoms with Gasteiger partial charge in [0, 0.05) is 31.7 Å². The molecule has 0 aromatic rings. The number of hydrogen-bond donors (Lipinski definition) is 0. The number of halogens is 1. The molecule has 168 valence electrons. The largest absolute Gasteiger partial charge is 0.378 e. The van der Waals surface area contributed by atoms with Crippen LogP contribution in [0, 0.1) is 0 Å². The molecule has 0 saturated carbocycles. The normalized spacial score (nSPS) is 23.1. The van der Waals surface area contributed by atoms with E-state index in [0.29, 0.717) is 72.7 Å². The summed E-state index contributed by atoms with van der Waals surface area (Å²) in [6, 6.07) is 0. The summed E-state index contributed by atoms with van der Waals surface area (Å²) in [5, 5.41) is 0. The fourth-order valence-corrected chi connectivity index (χ4v) is 2.77. The topological polar surface area (TPSA) is 61.9 Å². The summed E-state index contributed by atoms with van der Waals surface area (Å²) < 4.78 is 33.5. The van der Waals surface area contributed by atoms with Crippen LogP contribution >= 0.6 is 23.0 Å². The van der Waals surface area contributed by atoms with Gasteiger partial charge in [0.25, 0.3) is 0 Å². The summed E-state index contributed by atoms with van der Waals surface area (Å²) in [5.74, 6) is 0. The van der Waals surface area contributed by atoms with Gasteiger partial charge in [-0.2, -0.15) is 0 Å². The van der Waals surface area contributed by atoms with Gasteiger partial charge in [-0.15, -0.1) is 0 Å². The van der Waals surface area contributed by atoms with Gasteiger partial charge in [0.05, 0.1) is 72.7 Å². The van der Waals surface area contributed by atoms with E-state index in [0.717, 1.165) is 26.2 Å². The van der Waals surface area contributed by atoms with Gasteiger partial charge in [-0.3, -0.25) is 9.80 Å². The average Bonchev–Trinajstić information content (AvgIpc) is 2.67. The minimum absolute atomic E-state index is 0.0373. The van der Waals surface area contributed by atoms with Crippen LogP contribution in [0.25, 0.3) is 0 Å². The number of likely N-dealkylation sites (N-methyl/N-ethyl adjacent to an activating group) is 1. The smallest absolute Gasteiger partial charge is 0.109 e. The first-order valence-electron chi connectivity index (χ1n) is 10.1. The van der Waals surface area contributed by atoms with Gasteiger partial charge in [0.15, 0.2) is 0 Å². The molecule has 0 radical (unpaired) electrons. The van der Waals surface area contributed by atoms with Crippen LogP contribution in [0.4, 0.5) is 0 Å². The fraction of sp³-hybridized carbons (Fsp3) is 1.00. The summed E-state index contributed by atoms with van der Waals surface area (Å²) >= 11 is 1.88. The Morgan fingerprint density at radius 3 is 1.96 bits per heavy atom. The van der Waals surface area contributed by atoms with Gasteiger partial charge >= 0.3 is 0 Å². The molecule has 1 heterocycles. The van der Waals surface area contributed by atoms with E-state index in [2.05, 4.69) is 30.7 Å². The van der Waals surface area contributed by atoms with E-state index >= 15 is 0 Å². The van der Waals surface area contributed by atoms with Crippen LogP contribution in [0.2, 0.25) is 0 Å². The Hall–Kier alpha value is 0.410. The standard InChI is InChI=1S/C19H39IN2O6/c1-19(2)18-27-15-14-25-10-6-22(7-11-26-16-17-28-20)5-9-24-13-12-23-8-4-21(19)3/h4-18H2,1-3H3. The second kappa shape index (κ2) is 17.1. The lowest BCUT2D eigenvalue weighted by atomic mass is 10.1. The molecule has 1 rings (SSSR count). The number of hydrogen-bond acceptors (Lipinski definition) is 8. The quantitative estimate of drug-likeness (QED) is 0.387. The lowest BCUT2D eigenvalue weighted by Crippen LogP contribution is -2.46. The van der Waals surface area contributed by atoms with Crippen LogP contribution in [0.3, 0.4) is 0 Å². The highest BCUT2D eigenvalue weighted by Crippen LogP contribution is 2.12. The van der Waals surface area contributed by atoms with Crippen molar-refractivity contribution in [1.29, 1.82) is 0 Å². The minimum Gasteiger partial charge on any atom is -0.378 e. The minimum atomic E-state index is -0.0373. The Labute approximate surface area is 184 Å². The number of rotatable bonds is 6. The van der Waals surface area contributed by atoms with E-state index in [1.807, 2.05) is 23.0 Å². The maximum Gasteiger partial charge on any atom is 0.109 e. The molecule has 0 aromatic heterocycles. The van der Waals surface area contributed by atoms with E-state index in [1.54, 1.807) is 0 Å². The molecule has 0 N–H and O–H groups in total. The van der Waals surface area contributed by atoms with Crippen molar-refractivity contribution in [2.45, 2.75) is 19.4 Å². The molecule has 1 aliphatic heterocycles. The first kappa shape index (κ1) is 26.4. The van der Waals surface area contributed by atoms with Gasteiger partial charge in [-0.1, -0.05) is 0 Å². The Kier molecular flexibility index (Phi) is 16.2. The van der Waals surface area contributed by atoms with Gasteiger partial charge in [0.2, 0.25) is 0 Å². The van der Waals surface area contributed by atoms with Gasteiger partial charge in [-0.05, 0) is 20.9 Å². The van der Waals surface area contributed by atoms with Crippen LogP contribution in [0.15, 0.2) is 0 Å². The predicted molar refractivity (Wildman–Crippen MR) is 117 cm³/mol. The van der Waals surface area contributed by atoms with Crippen molar-refractivity contribution in [3.8, 4) is 0 Å². The molecule has 0 amide bonds. The molecular formula is C19H39IN2O6. The zero-order chi connectivity index (χ0) is 20.5. The van der Waals surface area contributed by atoms with Crippen LogP contribution < -0.4 is 0 Å². The maximum atomic E-state index is 5.82. The summed E-state index contributed by atoms with van der Waals surface area (Å²) in [4.78, 5) is 4.57. The van der Waals surface area contributed by atoms with Crippen molar-refractivity contribution >= 4 is 23.0 Å². The molecular weight excluding hydrogens is 479 g/mol. The number of nitrogens with zero attached hydrogens (tertiary/aromatic N) is 2. The third-order valence-corrected chi connectivity index (χ3v) is 5.20. The first-order valence-corrected chi connectivity index (χ1v) is 11.0. The van der Waals surface area contributed by atoms with E-state index in [4.69, 9.17) is 26.8 Å². The zero-order valence-corrected chi connectivity index (χ0v) is 20.0. The molecule has 1 saturated heterocycles. The molecule has 0 aromatic carbocycles.